The molecule has 3 aromatic rings. The molecule has 2 aromatic heterocycles. The first-order chi connectivity index (χ1) is 13.9. The van der Waals surface area contributed by atoms with E-state index < -0.39 is 11.9 Å². The molecule has 8 heteroatoms. The number of halogens is 3. The molecule has 3 saturated heterocycles. The number of alkyl halides is 3. The maximum atomic E-state index is 12.9. The Bertz CT molecular complexity index is 1040. The number of fused-ring (bicyclic) bond motifs is 1. The summed E-state index contributed by atoms with van der Waals surface area (Å²) in [7, 11) is 0. The average Bonchev–Trinajstić information content (AvgIpc) is 3.30. The lowest BCUT2D eigenvalue weighted by atomic mass is 9.66. The van der Waals surface area contributed by atoms with Crippen LogP contribution in [0.5, 0.6) is 5.19 Å². The van der Waals surface area contributed by atoms with Gasteiger partial charge in [-0.05, 0) is 42.5 Å². The topological polar surface area (TPSA) is 41.1 Å². The minimum atomic E-state index is -4.38. The highest BCUT2D eigenvalue weighted by Crippen LogP contribution is 2.45. The second kappa shape index (κ2) is 6.22. The number of aromatic amines is 1. The fourth-order valence-electron chi connectivity index (χ4n) is 5.56. The van der Waals surface area contributed by atoms with Gasteiger partial charge in [0, 0.05) is 48.6 Å². The molecule has 1 aliphatic carbocycles. The molecule has 4 nitrogen and oxygen atoms in total. The van der Waals surface area contributed by atoms with Gasteiger partial charge in [0.05, 0.1) is 4.88 Å². The molecule has 1 N–H and O–H groups in total. The van der Waals surface area contributed by atoms with Gasteiger partial charge in [-0.2, -0.15) is 13.2 Å². The van der Waals surface area contributed by atoms with Gasteiger partial charge < -0.3 is 14.6 Å². The van der Waals surface area contributed by atoms with Gasteiger partial charge in [-0.15, -0.1) is 0 Å². The van der Waals surface area contributed by atoms with Crippen molar-refractivity contribution in [2.24, 2.45) is 17.8 Å². The number of ether oxygens (including phenoxy) is 1. The third kappa shape index (κ3) is 3.04. The third-order valence-electron chi connectivity index (χ3n) is 6.64. The first-order valence-electron chi connectivity index (χ1n) is 9.97. The van der Waals surface area contributed by atoms with Crippen molar-refractivity contribution in [2.75, 3.05) is 19.6 Å². The maximum Gasteiger partial charge on any atom is 0.431 e. The number of benzene rings is 1. The van der Waals surface area contributed by atoms with Crippen LogP contribution in [-0.2, 0) is 6.18 Å². The molecule has 7 rings (SSSR count). The number of nitrogens with zero attached hydrogens (tertiary/aromatic N) is 2. The molecule has 0 radical (unpaired) electrons. The highest BCUT2D eigenvalue weighted by atomic mass is 32.1. The Labute approximate surface area is 169 Å². The largest absolute Gasteiger partial charge is 0.466 e. The molecule has 152 valence electrons. The van der Waals surface area contributed by atoms with Crippen LogP contribution in [0.25, 0.3) is 21.3 Å². The van der Waals surface area contributed by atoms with E-state index in [1.165, 1.54) is 30.7 Å². The summed E-state index contributed by atoms with van der Waals surface area (Å²) in [5.74, 6) is 2.00. The quantitative estimate of drug-likeness (QED) is 0.648. The van der Waals surface area contributed by atoms with Gasteiger partial charge in [-0.1, -0.05) is 17.4 Å². The van der Waals surface area contributed by atoms with Gasteiger partial charge in [0.1, 0.15) is 11.8 Å². The monoisotopic (exact) mass is 419 g/mol. The molecule has 4 aliphatic rings. The minimum Gasteiger partial charge on any atom is -0.466 e. The first kappa shape index (κ1) is 17.8. The molecule has 4 bridgehead atoms. The maximum absolute atomic E-state index is 12.9. The smallest absolute Gasteiger partial charge is 0.431 e. The average molecular weight is 419 g/mol. The summed E-state index contributed by atoms with van der Waals surface area (Å²) in [4.78, 5) is 10.4. The number of H-pyrrole nitrogens is 1. The van der Waals surface area contributed by atoms with Crippen molar-refractivity contribution < 1.29 is 17.9 Å². The van der Waals surface area contributed by atoms with Crippen molar-refractivity contribution >= 4 is 22.2 Å². The van der Waals surface area contributed by atoms with Crippen LogP contribution in [-0.4, -0.2) is 40.6 Å². The summed E-state index contributed by atoms with van der Waals surface area (Å²) in [6.45, 7) is 3.50. The number of piperidine rings is 3. The molecule has 3 aliphatic heterocycles. The zero-order valence-corrected chi connectivity index (χ0v) is 16.4. The number of rotatable bonds is 3. The third-order valence-corrected chi connectivity index (χ3v) is 7.57. The van der Waals surface area contributed by atoms with Crippen LogP contribution >= 0.6 is 11.3 Å². The van der Waals surface area contributed by atoms with Gasteiger partial charge in [-0.25, -0.2) is 4.98 Å². The lowest BCUT2D eigenvalue weighted by Crippen LogP contribution is -2.61. The lowest BCUT2D eigenvalue weighted by Gasteiger charge is -2.55. The van der Waals surface area contributed by atoms with Crippen LogP contribution in [0.3, 0.4) is 0 Å². The highest BCUT2D eigenvalue weighted by molar-refractivity contribution is 7.16. The Balaban J connectivity index is 1.24. The zero-order valence-electron chi connectivity index (χ0n) is 15.6. The minimum absolute atomic E-state index is 0.239. The van der Waals surface area contributed by atoms with Crippen molar-refractivity contribution in [1.82, 2.24) is 14.9 Å². The van der Waals surface area contributed by atoms with E-state index in [0.717, 1.165) is 35.5 Å². The number of nitrogens with one attached hydrogen (secondary N) is 1. The number of hydrogen-bond donors (Lipinski definition) is 1. The Hall–Kier alpha value is -2.06. The van der Waals surface area contributed by atoms with E-state index in [0.29, 0.717) is 27.9 Å². The fraction of sp³-hybridized carbons (Fsp3) is 0.476. The zero-order chi connectivity index (χ0) is 19.8. The fourth-order valence-corrected chi connectivity index (χ4v) is 6.36. The van der Waals surface area contributed by atoms with E-state index in [2.05, 4.69) is 14.9 Å². The van der Waals surface area contributed by atoms with E-state index in [1.54, 1.807) is 18.3 Å². The van der Waals surface area contributed by atoms with E-state index in [9.17, 15) is 13.2 Å². The second-order valence-corrected chi connectivity index (χ2v) is 9.63. The van der Waals surface area contributed by atoms with Crippen LogP contribution in [0.4, 0.5) is 13.2 Å². The molecule has 0 amide bonds. The molecular weight excluding hydrogens is 399 g/mol. The van der Waals surface area contributed by atoms with Crippen LogP contribution < -0.4 is 4.74 Å². The molecule has 0 unspecified atom stereocenters. The Kier molecular flexibility index (Phi) is 3.81. The Morgan fingerprint density at radius 1 is 1.10 bits per heavy atom. The molecule has 2 atom stereocenters. The lowest BCUT2D eigenvalue weighted by molar-refractivity contribution is -0.140. The molecule has 1 aromatic carbocycles. The van der Waals surface area contributed by atoms with Gasteiger partial charge >= 0.3 is 6.18 Å². The summed E-state index contributed by atoms with van der Waals surface area (Å²) in [6.07, 6.45) is 0.129. The predicted molar refractivity (Wildman–Crippen MR) is 105 cm³/mol. The summed E-state index contributed by atoms with van der Waals surface area (Å²) in [5.41, 5.74) is 0.607. The summed E-state index contributed by atoms with van der Waals surface area (Å²) in [6, 6.07) is 6.44. The molecular formula is C21H20F3N3OS. The van der Waals surface area contributed by atoms with Gasteiger partial charge in [0.25, 0.3) is 5.19 Å². The SMILES string of the molecule is FC(F)(F)c1cc2cc(-c3cnc(OC4[C@H]5CC6C[C@H]4CN(C6)C5)s3)ccc2[nH]1. The van der Waals surface area contributed by atoms with Crippen molar-refractivity contribution in [3.63, 3.8) is 0 Å². The molecule has 1 saturated carbocycles. The van der Waals surface area contributed by atoms with Crippen LogP contribution in [0, 0.1) is 17.8 Å². The molecule has 29 heavy (non-hydrogen) atoms. The van der Waals surface area contributed by atoms with Crippen molar-refractivity contribution in [2.45, 2.75) is 25.1 Å². The van der Waals surface area contributed by atoms with Gasteiger partial charge in [0.2, 0.25) is 0 Å². The van der Waals surface area contributed by atoms with Crippen molar-refractivity contribution in [3.05, 3.63) is 36.2 Å². The number of aromatic nitrogens is 2. The van der Waals surface area contributed by atoms with E-state index in [-0.39, 0.29) is 6.10 Å². The van der Waals surface area contributed by atoms with Gasteiger partial charge in [0.15, 0.2) is 0 Å². The first-order valence-corrected chi connectivity index (χ1v) is 10.8. The van der Waals surface area contributed by atoms with Crippen LogP contribution in [0.15, 0.2) is 30.5 Å². The molecule has 5 heterocycles. The van der Waals surface area contributed by atoms with E-state index in [1.807, 2.05) is 6.07 Å². The van der Waals surface area contributed by atoms with Crippen molar-refractivity contribution in [1.29, 1.82) is 0 Å². The normalized spacial score (nSPS) is 30.9. The predicted octanol–water partition coefficient (Wildman–Crippen LogP) is 5.03. The molecule has 4 fully saturated rings. The number of thiazole rings is 1. The second-order valence-electron chi connectivity index (χ2n) is 8.63. The molecule has 0 spiro atoms. The Morgan fingerprint density at radius 2 is 1.90 bits per heavy atom. The Morgan fingerprint density at radius 3 is 2.62 bits per heavy atom. The van der Waals surface area contributed by atoms with Crippen LogP contribution in [0.1, 0.15) is 18.5 Å². The summed E-state index contributed by atoms with van der Waals surface area (Å²) >= 11 is 1.47. The van der Waals surface area contributed by atoms with Crippen molar-refractivity contribution in [3.8, 4) is 15.6 Å². The van der Waals surface area contributed by atoms with E-state index >= 15 is 0 Å². The number of hydrogen-bond acceptors (Lipinski definition) is 4. The highest BCUT2D eigenvalue weighted by Gasteiger charge is 2.49. The van der Waals surface area contributed by atoms with Crippen LogP contribution in [0.2, 0.25) is 0 Å². The van der Waals surface area contributed by atoms with E-state index in [4.69, 9.17) is 4.74 Å². The summed E-state index contributed by atoms with van der Waals surface area (Å²) in [5, 5.41) is 1.21. The summed E-state index contributed by atoms with van der Waals surface area (Å²) < 4.78 is 45.2. The van der Waals surface area contributed by atoms with Gasteiger partial charge in [-0.3, -0.25) is 0 Å². The standard InChI is InChI=1S/C21H20F3N3OS/c22-21(23,24)18-6-13-5-12(1-2-16(13)26-18)17-7-25-20(29-17)28-19-14-3-11-4-15(19)10-27(8-11)9-14/h1-2,5-7,11,14-15,19,26H,3-4,8-10H2/t11?,14-,15-,19?/m0/s1.